The molecule has 0 aliphatic carbocycles. The summed E-state index contributed by atoms with van der Waals surface area (Å²) in [5.74, 6) is 1.15. The lowest BCUT2D eigenvalue weighted by molar-refractivity contribution is -0.116. The summed E-state index contributed by atoms with van der Waals surface area (Å²) in [5, 5.41) is 0. The largest absolute Gasteiger partial charge is 0.330 e. The number of anilines is 1. The third-order valence-corrected chi connectivity index (χ3v) is 3.69. The Balaban J connectivity index is 2.25. The molecule has 0 aromatic heterocycles. The molecule has 0 bridgehead atoms. The van der Waals surface area contributed by atoms with Gasteiger partial charge in [0.2, 0.25) is 5.91 Å². The molecule has 3 nitrogen and oxygen atoms in total. The van der Waals surface area contributed by atoms with Crippen LogP contribution in [-0.2, 0) is 4.79 Å². The number of carbonyl (C=O) groups is 1. The molecule has 0 spiro atoms. The number of nitrogens with zero attached hydrogens (tertiary/aromatic N) is 1. The fraction of sp³-hybridized carbons (Fsp3) is 0.462. The Morgan fingerprint density at radius 3 is 3.00 bits per heavy atom. The van der Waals surface area contributed by atoms with E-state index in [0.717, 1.165) is 18.7 Å². The van der Waals surface area contributed by atoms with Crippen molar-refractivity contribution in [3.8, 4) is 0 Å². The maximum atomic E-state index is 12.0. The topological polar surface area (TPSA) is 46.3 Å². The SMILES string of the molecule is CSCC(=O)N1CC(CCN)c2ccccc21. The Bertz CT molecular complexity index is 408. The standard InChI is InChI=1S/C13H18N2OS/c1-17-9-13(16)15-8-10(6-7-14)11-4-2-3-5-12(11)15/h2-5,10H,6-9,14H2,1H3. The van der Waals surface area contributed by atoms with Gasteiger partial charge in [-0.05, 0) is 30.9 Å². The zero-order valence-electron chi connectivity index (χ0n) is 10.1. The minimum atomic E-state index is 0.199. The third-order valence-electron chi connectivity index (χ3n) is 3.15. The smallest absolute Gasteiger partial charge is 0.236 e. The number of rotatable bonds is 4. The Morgan fingerprint density at radius 1 is 1.53 bits per heavy atom. The minimum absolute atomic E-state index is 0.199. The number of nitrogens with two attached hydrogens (primary N) is 1. The summed E-state index contributed by atoms with van der Waals surface area (Å²) in [6.45, 7) is 1.46. The fourth-order valence-corrected chi connectivity index (χ4v) is 2.78. The Kier molecular flexibility index (Phi) is 4.07. The molecule has 2 N–H and O–H groups in total. The molecule has 1 aromatic rings. The van der Waals surface area contributed by atoms with Gasteiger partial charge in [-0.3, -0.25) is 4.79 Å². The summed E-state index contributed by atoms with van der Waals surface area (Å²) >= 11 is 1.57. The van der Waals surface area contributed by atoms with Crippen molar-refractivity contribution in [2.75, 3.05) is 30.0 Å². The second kappa shape index (κ2) is 5.56. The van der Waals surface area contributed by atoms with E-state index in [-0.39, 0.29) is 5.91 Å². The summed E-state index contributed by atoms with van der Waals surface area (Å²) in [7, 11) is 0. The summed E-state index contributed by atoms with van der Waals surface area (Å²) in [6, 6.07) is 8.17. The maximum Gasteiger partial charge on any atom is 0.236 e. The van der Waals surface area contributed by atoms with Crippen LogP contribution in [0.1, 0.15) is 17.9 Å². The molecule has 92 valence electrons. The van der Waals surface area contributed by atoms with Crippen molar-refractivity contribution < 1.29 is 4.79 Å². The molecule has 0 saturated heterocycles. The number of benzene rings is 1. The average molecular weight is 250 g/mol. The van der Waals surface area contributed by atoms with Gasteiger partial charge in [-0.25, -0.2) is 0 Å². The van der Waals surface area contributed by atoms with E-state index in [0.29, 0.717) is 18.2 Å². The first-order chi connectivity index (χ1) is 8.27. The van der Waals surface area contributed by atoms with Crippen LogP contribution in [0, 0.1) is 0 Å². The van der Waals surface area contributed by atoms with E-state index < -0.39 is 0 Å². The Labute approximate surface area is 106 Å². The minimum Gasteiger partial charge on any atom is -0.330 e. The first kappa shape index (κ1) is 12.5. The lowest BCUT2D eigenvalue weighted by Gasteiger charge is -2.17. The van der Waals surface area contributed by atoms with Gasteiger partial charge in [0.1, 0.15) is 0 Å². The third kappa shape index (κ3) is 2.48. The van der Waals surface area contributed by atoms with Crippen LogP contribution >= 0.6 is 11.8 Å². The molecule has 2 rings (SSSR count). The van der Waals surface area contributed by atoms with E-state index in [1.165, 1.54) is 5.56 Å². The fourth-order valence-electron chi connectivity index (χ4n) is 2.38. The predicted octanol–water partition coefficient (Wildman–Crippen LogP) is 1.83. The Morgan fingerprint density at radius 2 is 2.29 bits per heavy atom. The number of amides is 1. The van der Waals surface area contributed by atoms with Gasteiger partial charge in [-0.1, -0.05) is 18.2 Å². The van der Waals surface area contributed by atoms with Crippen LogP contribution in [0.15, 0.2) is 24.3 Å². The zero-order chi connectivity index (χ0) is 12.3. The van der Waals surface area contributed by atoms with Crippen LogP contribution in [0.4, 0.5) is 5.69 Å². The molecule has 0 radical (unpaired) electrons. The van der Waals surface area contributed by atoms with Crippen molar-refractivity contribution in [1.82, 2.24) is 0 Å². The van der Waals surface area contributed by atoms with Gasteiger partial charge >= 0.3 is 0 Å². The van der Waals surface area contributed by atoms with Crippen LogP contribution in [0.5, 0.6) is 0 Å². The second-order valence-corrected chi connectivity index (χ2v) is 5.14. The van der Waals surface area contributed by atoms with E-state index in [4.69, 9.17) is 5.73 Å². The molecule has 1 unspecified atom stereocenters. The highest BCUT2D eigenvalue weighted by molar-refractivity contribution is 7.99. The highest BCUT2D eigenvalue weighted by Gasteiger charge is 2.30. The highest BCUT2D eigenvalue weighted by atomic mass is 32.2. The second-order valence-electron chi connectivity index (χ2n) is 4.27. The quantitative estimate of drug-likeness (QED) is 0.886. The van der Waals surface area contributed by atoms with Crippen molar-refractivity contribution in [2.24, 2.45) is 5.73 Å². The van der Waals surface area contributed by atoms with Gasteiger partial charge < -0.3 is 10.6 Å². The molecule has 17 heavy (non-hydrogen) atoms. The van der Waals surface area contributed by atoms with Crippen LogP contribution in [-0.4, -0.2) is 31.0 Å². The molecule has 1 aromatic carbocycles. The van der Waals surface area contributed by atoms with Crippen molar-refractivity contribution in [2.45, 2.75) is 12.3 Å². The first-order valence-corrected chi connectivity index (χ1v) is 7.25. The highest BCUT2D eigenvalue weighted by Crippen LogP contribution is 2.37. The maximum absolute atomic E-state index is 12.0. The van der Waals surface area contributed by atoms with Gasteiger partial charge in [0.05, 0.1) is 5.75 Å². The summed E-state index contributed by atoms with van der Waals surface area (Å²) in [4.78, 5) is 13.9. The number of para-hydroxylation sites is 1. The molecule has 1 heterocycles. The zero-order valence-corrected chi connectivity index (χ0v) is 10.9. The van der Waals surface area contributed by atoms with E-state index in [1.54, 1.807) is 11.8 Å². The van der Waals surface area contributed by atoms with Crippen molar-refractivity contribution in [3.05, 3.63) is 29.8 Å². The van der Waals surface area contributed by atoms with Crippen LogP contribution in [0.25, 0.3) is 0 Å². The predicted molar refractivity (Wildman–Crippen MR) is 73.6 cm³/mol. The number of fused-ring (bicyclic) bond motifs is 1. The van der Waals surface area contributed by atoms with E-state index >= 15 is 0 Å². The first-order valence-electron chi connectivity index (χ1n) is 5.86. The number of carbonyl (C=O) groups excluding carboxylic acids is 1. The average Bonchev–Trinajstić information content (AvgIpc) is 2.70. The van der Waals surface area contributed by atoms with Gasteiger partial charge in [-0.2, -0.15) is 11.8 Å². The molecule has 0 saturated carbocycles. The molecule has 1 amide bonds. The lowest BCUT2D eigenvalue weighted by atomic mass is 9.98. The number of hydrogen-bond donors (Lipinski definition) is 1. The molecular formula is C13H18N2OS. The number of thioether (sulfide) groups is 1. The molecule has 0 fully saturated rings. The lowest BCUT2D eigenvalue weighted by Crippen LogP contribution is -2.31. The summed E-state index contributed by atoms with van der Waals surface area (Å²) in [5.41, 5.74) is 7.98. The van der Waals surface area contributed by atoms with Gasteiger partial charge in [0.25, 0.3) is 0 Å². The summed E-state index contributed by atoms with van der Waals surface area (Å²) < 4.78 is 0. The normalized spacial score (nSPS) is 18.2. The molecule has 1 atom stereocenters. The Hall–Kier alpha value is -1.00. The van der Waals surface area contributed by atoms with Crippen LogP contribution in [0.3, 0.4) is 0 Å². The van der Waals surface area contributed by atoms with E-state index in [1.807, 2.05) is 29.4 Å². The number of hydrogen-bond acceptors (Lipinski definition) is 3. The van der Waals surface area contributed by atoms with E-state index in [2.05, 4.69) is 6.07 Å². The monoisotopic (exact) mass is 250 g/mol. The van der Waals surface area contributed by atoms with Gasteiger partial charge in [0, 0.05) is 18.2 Å². The van der Waals surface area contributed by atoms with Crippen LogP contribution in [0.2, 0.25) is 0 Å². The van der Waals surface area contributed by atoms with Crippen molar-refractivity contribution >= 4 is 23.4 Å². The van der Waals surface area contributed by atoms with Crippen molar-refractivity contribution in [3.63, 3.8) is 0 Å². The van der Waals surface area contributed by atoms with Crippen LogP contribution < -0.4 is 10.6 Å². The molecule has 1 aliphatic heterocycles. The molecule has 4 heteroatoms. The van der Waals surface area contributed by atoms with Gasteiger partial charge in [0.15, 0.2) is 0 Å². The van der Waals surface area contributed by atoms with E-state index in [9.17, 15) is 4.79 Å². The summed E-state index contributed by atoms with van der Waals surface area (Å²) in [6.07, 6.45) is 2.90. The molecular weight excluding hydrogens is 232 g/mol. The molecule has 1 aliphatic rings. The van der Waals surface area contributed by atoms with Crippen molar-refractivity contribution in [1.29, 1.82) is 0 Å². The van der Waals surface area contributed by atoms with Gasteiger partial charge in [-0.15, -0.1) is 0 Å².